The third kappa shape index (κ3) is 5.27. The van der Waals surface area contributed by atoms with Gasteiger partial charge in [0.1, 0.15) is 5.82 Å². The molecule has 39 heavy (non-hydrogen) atoms. The summed E-state index contributed by atoms with van der Waals surface area (Å²) in [6.07, 6.45) is 1.79. The fraction of sp³-hybridized carbons (Fsp3) is 0.176. The maximum Gasteiger partial charge on any atom is 2.00 e. The van der Waals surface area contributed by atoms with Gasteiger partial charge >= 0.3 is 21.1 Å². The molecule has 0 bridgehead atoms. The Kier molecular flexibility index (Phi) is 7.68. The Morgan fingerprint density at radius 1 is 0.744 bits per heavy atom. The van der Waals surface area contributed by atoms with Gasteiger partial charge in [-0.05, 0) is 52.6 Å². The van der Waals surface area contributed by atoms with E-state index < -0.39 is 0 Å². The predicted octanol–water partition coefficient (Wildman–Crippen LogP) is 8.88. The number of hydrogen-bond acceptors (Lipinski definition) is 3. The van der Waals surface area contributed by atoms with Crippen molar-refractivity contribution in [3.8, 4) is 28.6 Å². The Bertz CT molecular complexity index is 1770. The molecule has 0 saturated heterocycles. The minimum atomic E-state index is 0. The molecule has 6 rings (SSSR count). The zero-order chi connectivity index (χ0) is 26.2. The smallest absolute Gasteiger partial charge is 0.460 e. The first-order chi connectivity index (χ1) is 18.5. The summed E-state index contributed by atoms with van der Waals surface area (Å²) in [6.45, 7) is 8.65. The number of aromatic nitrogens is 3. The van der Waals surface area contributed by atoms with Crippen LogP contribution in [0.15, 0.2) is 91.1 Å². The molecule has 4 nitrogen and oxygen atoms in total. The van der Waals surface area contributed by atoms with E-state index in [9.17, 15) is 0 Å². The summed E-state index contributed by atoms with van der Waals surface area (Å²) in [6, 6.07) is 36.0. The Labute approximate surface area is 244 Å². The molecule has 5 heteroatoms. The number of para-hydroxylation sites is 1. The molecule has 0 N–H and O–H groups in total. The Morgan fingerprint density at radius 3 is 2.36 bits per heavy atom. The monoisotopic (exact) mass is 690 g/mol. The SMILES string of the molecule is CC(C)c1ccnc(Oc2[c-]c(-c3[c-]c4c(cc3)c3ccccc3n4-c3cccc(C(C)C)n3)ccc2)c1.[Pt+2]. The molecule has 0 aliphatic rings. The molecule has 0 atom stereocenters. The molecule has 0 aliphatic heterocycles. The molecule has 3 heterocycles. The molecular weight excluding hydrogens is 661 g/mol. The maximum atomic E-state index is 6.10. The average Bonchev–Trinajstić information content (AvgIpc) is 3.27. The second kappa shape index (κ2) is 11.2. The van der Waals surface area contributed by atoms with Crippen molar-refractivity contribution in [2.75, 3.05) is 0 Å². The third-order valence-electron chi connectivity index (χ3n) is 6.86. The normalized spacial score (nSPS) is 11.3. The van der Waals surface area contributed by atoms with Crippen molar-refractivity contribution in [1.82, 2.24) is 14.5 Å². The van der Waals surface area contributed by atoms with Crippen molar-refractivity contribution in [3.63, 3.8) is 0 Å². The molecule has 0 aliphatic carbocycles. The van der Waals surface area contributed by atoms with Crippen LogP contribution >= 0.6 is 0 Å². The number of fused-ring (bicyclic) bond motifs is 3. The third-order valence-corrected chi connectivity index (χ3v) is 6.86. The van der Waals surface area contributed by atoms with E-state index in [-0.39, 0.29) is 21.1 Å². The van der Waals surface area contributed by atoms with Gasteiger partial charge in [-0.2, -0.15) is 24.3 Å². The van der Waals surface area contributed by atoms with Gasteiger partial charge in [0.05, 0.1) is 0 Å². The van der Waals surface area contributed by atoms with Gasteiger partial charge in [0.15, 0.2) is 0 Å². The molecule has 3 aromatic carbocycles. The molecule has 3 aromatic heterocycles. The zero-order valence-electron chi connectivity index (χ0n) is 22.4. The first kappa shape index (κ1) is 26.8. The zero-order valence-corrected chi connectivity index (χ0v) is 24.7. The van der Waals surface area contributed by atoms with Crippen LogP contribution in [0, 0.1) is 12.1 Å². The number of hydrogen-bond donors (Lipinski definition) is 0. The van der Waals surface area contributed by atoms with Crippen LogP contribution in [0.1, 0.15) is 50.8 Å². The average molecular weight is 691 g/mol. The van der Waals surface area contributed by atoms with Crippen molar-refractivity contribution in [1.29, 1.82) is 0 Å². The largest absolute Gasteiger partial charge is 2.00 e. The minimum Gasteiger partial charge on any atom is -0.460 e. The number of pyridine rings is 2. The predicted molar refractivity (Wildman–Crippen MR) is 154 cm³/mol. The number of rotatable bonds is 6. The van der Waals surface area contributed by atoms with E-state index in [1.807, 2.05) is 30.3 Å². The number of ether oxygens (including phenoxy) is 1. The van der Waals surface area contributed by atoms with Gasteiger partial charge in [-0.1, -0.05) is 57.3 Å². The topological polar surface area (TPSA) is 39.9 Å². The van der Waals surface area contributed by atoms with Crippen molar-refractivity contribution in [2.45, 2.75) is 39.5 Å². The van der Waals surface area contributed by atoms with Crippen LogP contribution in [0.2, 0.25) is 0 Å². The van der Waals surface area contributed by atoms with Gasteiger partial charge in [-0.3, -0.25) is 0 Å². The van der Waals surface area contributed by atoms with Crippen molar-refractivity contribution in [3.05, 3.63) is 115 Å². The van der Waals surface area contributed by atoms with E-state index in [1.165, 1.54) is 10.9 Å². The van der Waals surface area contributed by atoms with Crippen molar-refractivity contribution >= 4 is 21.8 Å². The Balaban J connectivity index is 0.00000308. The fourth-order valence-electron chi connectivity index (χ4n) is 4.79. The van der Waals surface area contributed by atoms with Crippen LogP contribution < -0.4 is 4.74 Å². The molecule has 0 unspecified atom stereocenters. The van der Waals surface area contributed by atoms with Crippen molar-refractivity contribution < 1.29 is 25.8 Å². The first-order valence-electron chi connectivity index (χ1n) is 13.1. The van der Waals surface area contributed by atoms with Crippen LogP contribution in [-0.4, -0.2) is 14.5 Å². The van der Waals surface area contributed by atoms with E-state index in [4.69, 9.17) is 9.72 Å². The first-order valence-corrected chi connectivity index (χ1v) is 13.1. The molecule has 196 valence electrons. The van der Waals surface area contributed by atoms with E-state index >= 15 is 0 Å². The number of benzene rings is 3. The maximum absolute atomic E-state index is 6.10. The van der Waals surface area contributed by atoms with E-state index in [0.29, 0.717) is 23.5 Å². The summed E-state index contributed by atoms with van der Waals surface area (Å²) >= 11 is 0. The van der Waals surface area contributed by atoms with Crippen LogP contribution in [0.3, 0.4) is 0 Å². The molecule has 0 fully saturated rings. The Hall–Kier alpha value is -3.75. The Morgan fingerprint density at radius 2 is 1.54 bits per heavy atom. The fourth-order valence-corrected chi connectivity index (χ4v) is 4.79. The van der Waals surface area contributed by atoms with Crippen molar-refractivity contribution in [2.24, 2.45) is 0 Å². The summed E-state index contributed by atoms with van der Waals surface area (Å²) < 4.78 is 8.31. The molecule has 0 spiro atoms. The molecule has 0 saturated carbocycles. The van der Waals surface area contributed by atoms with Crippen LogP contribution in [-0.2, 0) is 21.1 Å². The molecule has 0 radical (unpaired) electrons. The van der Waals surface area contributed by atoms with Gasteiger partial charge in [-0.25, -0.2) is 21.1 Å². The van der Waals surface area contributed by atoms with E-state index in [1.54, 1.807) is 6.20 Å². The van der Waals surface area contributed by atoms with E-state index in [0.717, 1.165) is 39.1 Å². The summed E-state index contributed by atoms with van der Waals surface area (Å²) in [7, 11) is 0. The van der Waals surface area contributed by atoms with Crippen LogP contribution in [0.25, 0.3) is 38.8 Å². The molecular formula is C34H29N3OPt. The van der Waals surface area contributed by atoms with Gasteiger partial charge in [0.2, 0.25) is 5.88 Å². The minimum absolute atomic E-state index is 0. The van der Waals surface area contributed by atoms with Crippen LogP contribution in [0.5, 0.6) is 11.6 Å². The second-order valence-corrected chi connectivity index (χ2v) is 10.2. The van der Waals surface area contributed by atoms with Crippen LogP contribution in [0.4, 0.5) is 0 Å². The van der Waals surface area contributed by atoms with Gasteiger partial charge in [-0.15, -0.1) is 18.2 Å². The standard InChI is InChI=1S/C34H29N3O.Pt/c1-22(2)24-17-18-35-34(21-24)38-27-10-7-9-25(19-27)26-15-16-29-28-11-5-6-13-31(28)37(32(29)20-26)33-14-8-12-30(36-33)23(3)4;/h5-18,21-23H,1-4H3;/q-2;+2. The van der Waals surface area contributed by atoms with Gasteiger partial charge in [0, 0.05) is 29.2 Å². The summed E-state index contributed by atoms with van der Waals surface area (Å²) in [4.78, 5) is 9.39. The summed E-state index contributed by atoms with van der Waals surface area (Å²) in [5, 5.41) is 2.32. The van der Waals surface area contributed by atoms with Gasteiger partial charge in [0.25, 0.3) is 0 Å². The quantitative estimate of drug-likeness (QED) is 0.164. The van der Waals surface area contributed by atoms with Gasteiger partial charge < -0.3 is 9.30 Å². The second-order valence-electron chi connectivity index (χ2n) is 10.2. The van der Waals surface area contributed by atoms with E-state index in [2.05, 4.69) is 104 Å². The summed E-state index contributed by atoms with van der Waals surface area (Å²) in [5.74, 6) is 2.83. The summed E-state index contributed by atoms with van der Waals surface area (Å²) in [5.41, 5.74) is 6.21. The number of nitrogens with zero attached hydrogens (tertiary/aromatic N) is 3. The molecule has 6 aromatic rings. The molecule has 0 amide bonds.